The standard InChI is InChI=1S/C23H28N2O2/c1-23(18-13-7-3-8-14-18,19-15-9-4-10-16-19)22(27)25-20(21(24)26)17-11-5-2-6-12-17/h3-4,7-10,13-17,20H,2,5-6,11-12H2,1H3,(H2,24,26)(H,25,27)/t20-/m0/s1. The van der Waals surface area contributed by atoms with E-state index >= 15 is 0 Å². The number of hydrogen-bond donors (Lipinski definition) is 2. The molecule has 0 aliphatic heterocycles. The predicted octanol–water partition coefficient (Wildman–Crippen LogP) is 3.54. The lowest BCUT2D eigenvalue weighted by atomic mass is 9.74. The van der Waals surface area contributed by atoms with Crippen molar-refractivity contribution >= 4 is 11.8 Å². The van der Waals surface area contributed by atoms with Crippen molar-refractivity contribution in [2.45, 2.75) is 50.5 Å². The molecule has 0 heterocycles. The molecule has 4 nitrogen and oxygen atoms in total. The van der Waals surface area contributed by atoms with Crippen LogP contribution in [0, 0.1) is 5.92 Å². The molecule has 27 heavy (non-hydrogen) atoms. The molecule has 2 aromatic carbocycles. The van der Waals surface area contributed by atoms with Gasteiger partial charge in [-0.05, 0) is 36.8 Å². The van der Waals surface area contributed by atoms with E-state index in [0.717, 1.165) is 36.8 Å². The molecule has 0 bridgehead atoms. The van der Waals surface area contributed by atoms with Crippen LogP contribution in [-0.4, -0.2) is 17.9 Å². The smallest absolute Gasteiger partial charge is 0.240 e. The molecule has 142 valence electrons. The highest BCUT2D eigenvalue weighted by molar-refractivity contribution is 5.95. The third kappa shape index (κ3) is 4.05. The largest absolute Gasteiger partial charge is 0.368 e. The number of rotatable bonds is 6. The van der Waals surface area contributed by atoms with Crippen LogP contribution in [0.25, 0.3) is 0 Å². The topological polar surface area (TPSA) is 72.2 Å². The van der Waals surface area contributed by atoms with Gasteiger partial charge < -0.3 is 11.1 Å². The number of nitrogens with two attached hydrogens (primary N) is 1. The molecular weight excluding hydrogens is 336 g/mol. The zero-order chi connectivity index (χ0) is 19.3. The van der Waals surface area contributed by atoms with Crippen LogP contribution in [0.15, 0.2) is 60.7 Å². The van der Waals surface area contributed by atoms with Gasteiger partial charge in [0.05, 0.1) is 5.41 Å². The Hall–Kier alpha value is -2.62. The van der Waals surface area contributed by atoms with Crippen LogP contribution in [-0.2, 0) is 15.0 Å². The van der Waals surface area contributed by atoms with Gasteiger partial charge in [0.1, 0.15) is 6.04 Å². The highest BCUT2D eigenvalue weighted by Crippen LogP contribution is 2.33. The second-order valence-corrected chi connectivity index (χ2v) is 7.61. The summed E-state index contributed by atoms with van der Waals surface area (Å²) in [4.78, 5) is 25.6. The van der Waals surface area contributed by atoms with Gasteiger partial charge in [-0.2, -0.15) is 0 Å². The first-order valence-corrected chi connectivity index (χ1v) is 9.75. The van der Waals surface area contributed by atoms with E-state index in [9.17, 15) is 9.59 Å². The maximum Gasteiger partial charge on any atom is 0.240 e. The minimum atomic E-state index is -0.898. The van der Waals surface area contributed by atoms with Crippen LogP contribution in [0.2, 0.25) is 0 Å². The summed E-state index contributed by atoms with van der Waals surface area (Å²) >= 11 is 0. The average molecular weight is 364 g/mol. The molecule has 0 unspecified atom stereocenters. The van der Waals surface area contributed by atoms with Crippen LogP contribution in [0.5, 0.6) is 0 Å². The third-order valence-corrected chi connectivity index (χ3v) is 5.87. The minimum absolute atomic E-state index is 0.121. The first-order valence-electron chi connectivity index (χ1n) is 9.75. The van der Waals surface area contributed by atoms with Gasteiger partial charge in [-0.15, -0.1) is 0 Å². The van der Waals surface area contributed by atoms with Crippen LogP contribution < -0.4 is 11.1 Å². The molecule has 3 N–H and O–H groups in total. The fourth-order valence-electron chi connectivity index (χ4n) is 4.15. The highest BCUT2D eigenvalue weighted by Gasteiger charge is 2.40. The Kier molecular flexibility index (Phi) is 5.94. The summed E-state index contributed by atoms with van der Waals surface area (Å²) in [7, 11) is 0. The van der Waals surface area contributed by atoms with E-state index in [0.29, 0.717) is 0 Å². The Morgan fingerprint density at radius 1 is 0.926 bits per heavy atom. The van der Waals surface area contributed by atoms with E-state index in [-0.39, 0.29) is 11.8 Å². The van der Waals surface area contributed by atoms with Gasteiger partial charge >= 0.3 is 0 Å². The van der Waals surface area contributed by atoms with Crippen molar-refractivity contribution in [3.63, 3.8) is 0 Å². The van der Waals surface area contributed by atoms with Gasteiger partial charge in [-0.3, -0.25) is 9.59 Å². The molecule has 0 saturated heterocycles. The fraction of sp³-hybridized carbons (Fsp3) is 0.391. The van der Waals surface area contributed by atoms with Crippen LogP contribution in [0.1, 0.15) is 50.2 Å². The summed E-state index contributed by atoms with van der Waals surface area (Å²) in [5.41, 5.74) is 6.56. The van der Waals surface area contributed by atoms with Crippen molar-refractivity contribution in [2.75, 3.05) is 0 Å². The van der Waals surface area contributed by atoms with Crippen LogP contribution in [0.3, 0.4) is 0 Å². The zero-order valence-electron chi connectivity index (χ0n) is 15.9. The van der Waals surface area contributed by atoms with Crippen LogP contribution >= 0.6 is 0 Å². The number of nitrogens with one attached hydrogen (secondary N) is 1. The van der Waals surface area contributed by atoms with Gasteiger partial charge in [0.15, 0.2) is 0 Å². The lowest BCUT2D eigenvalue weighted by Crippen LogP contribution is -2.54. The number of carbonyl (C=O) groups excluding carboxylic acids is 2. The van der Waals surface area contributed by atoms with Crippen molar-refractivity contribution in [3.8, 4) is 0 Å². The normalized spacial score (nSPS) is 16.5. The van der Waals surface area contributed by atoms with Gasteiger partial charge in [0.25, 0.3) is 0 Å². The minimum Gasteiger partial charge on any atom is -0.368 e. The molecular formula is C23H28N2O2. The molecule has 1 saturated carbocycles. The molecule has 2 amide bonds. The summed E-state index contributed by atoms with van der Waals surface area (Å²) in [5.74, 6) is -0.510. The zero-order valence-corrected chi connectivity index (χ0v) is 15.9. The van der Waals surface area contributed by atoms with Gasteiger partial charge in [-0.1, -0.05) is 79.9 Å². The average Bonchev–Trinajstić information content (AvgIpc) is 2.73. The van der Waals surface area contributed by atoms with Gasteiger partial charge in [-0.25, -0.2) is 0 Å². The Labute approximate surface area is 161 Å². The maximum atomic E-state index is 13.5. The Balaban J connectivity index is 1.94. The van der Waals surface area contributed by atoms with Crippen molar-refractivity contribution in [1.29, 1.82) is 0 Å². The summed E-state index contributed by atoms with van der Waals surface area (Å²) in [6.07, 6.45) is 5.21. The van der Waals surface area contributed by atoms with Crippen molar-refractivity contribution in [2.24, 2.45) is 11.7 Å². The van der Waals surface area contributed by atoms with Crippen molar-refractivity contribution < 1.29 is 9.59 Å². The quantitative estimate of drug-likeness (QED) is 0.823. The van der Waals surface area contributed by atoms with Gasteiger partial charge in [0.2, 0.25) is 11.8 Å². The number of carbonyl (C=O) groups is 2. The molecule has 1 atom stereocenters. The van der Waals surface area contributed by atoms with E-state index in [1.165, 1.54) is 6.42 Å². The fourth-order valence-corrected chi connectivity index (χ4v) is 4.15. The highest BCUT2D eigenvalue weighted by atomic mass is 16.2. The predicted molar refractivity (Wildman–Crippen MR) is 107 cm³/mol. The van der Waals surface area contributed by atoms with E-state index in [1.807, 2.05) is 67.6 Å². The molecule has 0 aromatic heterocycles. The van der Waals surface area contributed by atoms with Crippen molar-refractivity contribution in [3.05, 3.63) is 71.8 Å². The second kappa shape index (κ2) is 8.38. The Morgan fingerprint density at radius 3 is 1.85 bits per heavy atom. The first kappa shape index (κ1) is 19.2. The summed E-state index contributed by atoms with van der Waals surface area (Å²) in [6.45, 7) is 1.91. The van der Waals surface area contributed by atoms with Crippen LogP contribution in [0.4, 0.5) is 0 Å². The molecule has 2 aromatic rings. The molecule has 3 rings (SSSR count). The monoisotopic (exact) mass is 364 g/mol. The SMILES string of the molecule is CC(C(=O)N[C@H](C(N)=O)C1CCCCC1)(c1ccccc1)c1ccccc1. The molecule has 0 spiro atoms. The molecule has 1 fully saturated rings. The number of amides is 2. The number of benzene rings is 2. The summed E-state index contributed by atoms with van der Waals surface area (Å²) in [5, 5.41) is 3.01. The first-order chi connectivity index (χ1) is 13.0. The summed E-state index contributed by atoms with van der Waals surface area (Å²) in [6, 6.07) is 18.8. The lowest BCUT2D eigenvalue weighted by molar-refractivity contribution is -0.131. The lowest BCUT2D eigenvalue weighted by Gasteiger charge is -2.34. The molecule has 1 aliphatic rings. The Morgan fingerprint density at radius 2 is 1.41 bits per heavy atom. The van der Waals surface area contributed by atoms with E-state index in [2.05, 4.69) is 5.32 Å². The van der Waals surface area contributed by atoms with E-state index in [1.54, 1.807) is 0 Å². The third-order valence-electron chi connectivity index (χ3n) is 5.87. The number of hydrogen-bond acceptors (Lipinski definition) is 2. The molecule has 0 radical (unpaired) electrons. The van der Waals surface area contributed by atoms with Crippen molar-refractivity contribution in [1.82, 2.24) is 5.32 Å². The molecule has 1 aliphatic carbocycles. The summed E-state index contributed by atoms with van der Waals surface area (Å²) < 4.78 is 0. The van der Waals surface area contributed by atoms with Gasteiger partial charge in [0, 0.05) is 0 Å². The maximum absolute atomic E-state index is 13.5. The Bertz CT molecular complexity index is 728. The second-order valence-electron chi connectivity index (χ2n) is 7.61. The number of primary amides is 1. The van der Waals surface area contributed by atoms with E-state index in [4.69, 9.17) is 5.73 Å². The molecule has 4 heteroatoms. The van der Waals surface area contributed by atoms with E-state index < -0.39 is 17.4 Å².